The number of nitrogens with zero attached hydrogens (tertiary/aromatic N) is 1. The van der Waals surface area contributed by atoms with Gasteiger partial charge in [0, 0.05) is 16.1 Å². The highest BCUT2D eigenvalue weighted by molar-refractivity contribution is 6.45. The molecule has 1 aromatic carbocycles. The second kappa shape index (κ2) is 4.91. The van der Waals surface area contributed by atoms with Crippen LogP contribution < -0.4 is 0 Å². The van der Waals surface area contributed by atoms with Crippen LogP contribution in [0.4, 0.5) is 0 Å². The van der Waals surface area contributed by atoms with Crippen LogP contribution in [0.25, 0.3) is 11.1 Å². The van der Waals surface area contributed by atoms with Crippen molar-refractivity contribution in [3.8, 4) is 16.9 Å². The highest BCUT2D eigenvalue weighted by Crippen LogP contribution is 2.39. The van der Waals surface area contributed by atoms with Gasteiger partial charge < -0.3 is 5.11 Å². The molecular weight excluding hydrogens is 304 g/mol. The molecule has 0 aliphatic rings. The zero-order valence-electron chi connectivity index (χ0n) is 8.22. The first-order valence-electron chi connectivity index (χ1n) is 4.48. The molecule has 0 fully saturated rings. The van der Waals surface area contributed by atoms with Gasteiger partial charge >= 0.3 is 0 Å². The average Bonchev–Trinajstić information content (AvgIpc) is 2.27. The summed E-state index contributed by atoms with van der Waals surface area (Å²) < 4.78 is 0. The standard InChI is InChI=1S/C11H5Cl4NO/c12-5-1-7(10(14)9(13)2-5)8-3-6(17)4-16-11(8)15/h1-4,17H. The van der Waals surface area contributed by atoms with Crippen LogP contribution in [0, 0.1) is 0 Å². The van der Waals surface area contributed by atoms with Crippen LogP contribution in [-0.2, 0) is 0 Å². The molecule has 2 nitrogen and oxygen atoms in total. The van der Waals surface area contributed by atoms with Crippen molar-refractivity contribution >= 4 is 46.4 Å². The smallest absolute Gasteiger partial charge is 0.137 e. The van der Waals surface area contributed by atoms with Crippen LogP contribution in [-0.4, -0.2) is 10.1 Å². The fourth-order valence-corrected chi connectivity index (χ4v) is 2.29. The maximum Gasteiger partial charge on any atom is 0.137 e. The number of hydrogen-bond acceptors (Lipinski definition) is 2. The van der Waals surface area contributed by atoms with Crippen molar-refractivity contribution in [2.45, 2.75) is 0 Å². The van der Waals surface area contributed by atoms with E-state index in [2.05, 4.69) is 4.98 Å². The molecule has 1 N–H and O–H groups in total. The van der Waals surface area contributed by atoms with Crippen molar-refractivity contribution in [1.29, 1.82) is 0 Å². The normalized spacial score (nSPS) is 10.6. The molecule has 0 spiro atoms. The lowest BCUT2D eigenvalue weighted by atomic mass is 10.1. The van der Waals surface area contributed by atoms with Gasteiger partial charge in [-0.3, -0.25) is 0 Å². The number of rotatable bonds is 1. The number of hydrogen-bond donors (Lipinski definition) is 1. The van der Waals surface area contributed by atoms with Gasteiger partial charge in [0.05, 0.1) is 16.2 Å². The van der Waals surface area contributed by atoms with Gasteiger partial charge in [-0.25, -0.2) is 4.98 Å². The van der Waals surface area contributed by atoms with Gasteiger partial charge in [-0.1, -0.05) is 46.4 Å². The van der Waals surface area contributed by atoms with Gasteiger partial charge in [-0.15, -0.1) is 0 Å². The van der Waals surface area contributed by atoms with E-state index < -0.39 is 0 Å². The summed E-state index contributed by atoms with van der Waals surface area (Å²) in [6, 6.07) is 4.58. The molecule has 0 amide bonds. The van der Waals surface area contributed by atoms with Crippen LogP contribution in [0.5, 0.6) is 5.75 Å². The Hall–Kier alpha value is -0.670. The number of pyridine rings is 1. The maximum absolute atomic E-state index is 9.40. The molecule has 6 heteroatoms. The fourth-order valence-electron chi connectivity index (χ4n) is 1.38. The third-order valence-corrected chi connectivity index (χ3v) is 3.43. The predicted octanol–water partition coefficient (Wildman–Crippen LogP) is 5.07. The molecular formula is C11H5Cl4NO. The van der Waals surface area contributed by atoms with Crippen molar-refractivity contribution in [2.75, 3.05) is 0 Å². The van der Waals surface area contributed by atoms with E-state index in [1.165, 1.54) is 18.3 Å². The van der Waals surface area contributed by atoms with E-state index in [9.17, 15) is 5.11 Å². The van der Waals surface area contributed by atoms with Crippen molar-refractivity contribution in [3.05, 3.63) is 44.6 Å². The molecule has 0 unspecified atom stereocenters. The minimum Gasteiger partial charge on any atom is -0.506 e. The largest absolute Gasteiger partial charge is 0.506 e. The van der Waals surface area contributed by atoms with E-state index >= 15 is 0 Å². The third kappa shape index (κ3) is 2.61. The van der Waals surface area contributed by atoms with Gasteiger partial charge in [-0.05, 0) is 18.2 Å². The molecule has 0 bridgehead atoms. The third-order valence-electron chi connectivity index (χ3n) is 2.11. The first kappa shape index (κ1) is 12.8. The summed E-state index contributed by atoms with van der Waals surface area (Å²) in [5.41, 5.74) is 0.999. The molecule has 2 rings (SSSR count). The summed E-state index contributed by atoms with van der Waals surface area (Å²) in [5, 5.41) is 10.7. The maximum atomic E-state index is 9.40. The Bertz CT molecular complexity index is 586. The molecule has 0 aliphatic heterocycles. The minimum atomic E-state index is -0.0171. The topological polar surface area (TPSA) is 33.1 Å². The van der Waals surface area contributed by atoms with Crippen LogP contribution in [0.15, 0.2) is 24.4 Å². The number of aromatic hydroxyl groups is 1. The summed E-state index contributed by atoms with van der Waals surface area (Å²) in [6.45, 7) is 0. The molecule has 0 aliphatic carbocycles. The summed E-state index contributed by atoms with van der Waals surface area (Å²) >= 11 is 23.8. The van der Waals surface area contributed by atoms with Crippen molar-refractivity contribution < 1.29 is 5.11 Å². The number of benzene rings is 1. The van der Waals surface area contributed by atoms with Crippen LogP contribution in [0.1, 0.15) is 0 Å². The summed E-state index contributed by atoms with van der Waals surface area (Å²) in [5.74, 6) is -0.0171. The van der Waals surface area contributed by atoms with E-state index in [1.807, 2.05) is 0 Å². The van der Waals surface area contributed by atoms with E-state index in [4.69, 9.17) is 46.4 Å². The highest BCUT2D eigenvalue weighted by Gasteiger charge is 2.13. The average molecular weight is 309 g/mol. The Morgan fingerprint density at radius 1 is 0.941 bits per heavy atom. The first-order valence-corrected chi connectivity index (χ1v) is 5.99. The number of halogens is 4. The first-order chi connectivity index (χ1) is 7.99. The van der Waals surface area contributed by atoms with Gasteiger partial charge in [0.15, 0.2) is 0 Å². The van der Waals surface area contributed by atoms with Gasteiger partial charge in [0.2, 0.25) is 0 Å². The van der Waals surface area contributed by atoms with Crippen LogP contribution in [0.2, 0.25) is 20.2 Å². The van der Waals surface area contributed by atoms with Crippen LogP contribution in [0.3, 0.4) is 0 Å². The molecule has 0 saturated heterocycles. The Kier molecular flexibility index (Phi) is 3.69. The SMILES string of the molecule is Oc1cnc(Cl)c(-c2cc(Cl)cc(Cl)c2Cl)c1. The van der Waals surface area contributed by atoms with E-state index in [0.717, 1.165) is 0 Å². The summed E-state index contributed by atoms with van der Waals surface area (Å²) in [4.78, 5) is 3.83. The second-order valence-corrected chi connectivity index (χ2v) is 4.86. The fraction of sp³-hybridized carbons (Fsp3) is 0. The van der Waals surface area contributed by atoms with E-state index in [1.54, 1.807) is 6.07 Å². The monoisotopic (exact) mass is 307 g/mol. The van der Waals surface area contributed by atoms with E-state index in [0.29, 0.717) is 26.2 Å². The highest BCUT2D eigenvalue weighted by atomic mass is 35.5. The predicted molar refractivity (Wildman–Crippen MR) is 71.4 cm³/mol. The molecule has 1 aromatic heterocycles. The van der Waals surface area contributed by atoms with Crippen molar-refractivity contribution in [1.82, 2.24) is 4.98 Å². The zero-order valence-corrected chi connectivity index (χ0v) is 11.2. The molecule has 88 valence electrons. The quantitative estimate of drug-likeness (QED) is 0.589. The molecule has 0 saturated carbocycles. The van der Waals surface area contributed by atoms with Crippen molar-refractivity contribution in [2.24, 2.45) is 0 Å². The lowest BCUT2D eigenvalue weighted by molar-refractivity contribution is 0.473. The lowest BCUT2D eigenvalue weighted by Crippen LogP contribution is -1.86. The Morgan fingerprint density at radius 2 is 1.65 bits per heavy atom. The second-order valence-electron chi connectivity index (χ2n) is 3.28. The summed E-state index contributed by atoms with van der Waals surface area (Å²) in [6.07, 6.45) is 1.24. The molecule has 2 aromatic rings. The van der Waals surface area contributed by atoms with Gasteiger partial charge in [0.25, 0.3) is 0 Å². The molecule has 0 radical (unpaired) electrons. The number of aromatic nitrogens is 1. The van der Waals surface area contributed by atoms with Gasteiger partial charge in [0.1, 0.15) is 10.9 Å². The Morgan fingerprint density at radius 3 is 2.35 bits per heavy atom. The Balaban J connectivity index is 2.72. The minimum absolute atomic E-state index is 0.0171. The van der Waals surface area contributed by atoms with Gasteiger partial charge in [-0.2, -0.15) is 0 Å². The molecule has 17 heavy (non-hydrogen) atoms. The zero-order chi connectivity index (χ0) is 12.6. The Labute approximate surface area is 118 Å². The van der Waals surface area contributed by atoms with Crippen LogP contribution >= 0.6 is 46.4 Å². The molecule has 1 heterocycles. The van der Waals surface area contributed by atoms with Crippen molar-refractivity contribution in [3.63, 3.8) is 0 Å². The lowest BCUT2D eigenvalue weighted by Gasteiger charge is -2.08. The molecule has 0 atom stereocenters. The summed E-state index contributed by atoms with van der Waals surface area (Å²) in [7, 11) is 0. The van der Waals surface area contributed by atoms with E-state index in [-0.39, 0.29) is 10.9 Å².